The molecule has 7 nitrogen and oxygen atoms in total. The molecule has 0 amide bonds. The first-order valence-electron chi connectivity index (χ1n) is 10.8. The lowest BCUT2D eigenvalue weighted by atomic mass is 10.1. The number of para-hydroxylation sites is 1. The Kier molecular flexibility index (Phi) is 5.52. The van der Waals surface area contributed by atoms with E-state index in [1.54, 1.807) is 15.3 Å². The van der Waals surface area contributed by atoms with Crippen LogP contribution in [0.15, 0.2) is 59.7 Å². The van der Waals surface area contributed by atoms with Crippen LogP contribution in [0.1, 0.15) is 30.3 Å². The molecule has 0 fully saturated rings. The van der Waals surface area contributed by atoms with E-state index in [0.717, 1.165) is 10.9 Å². The van der Waals surface area contributed by atoms with Gasteiger partial charge in [-0.25, -0.2) is 14.6 Å². The zero-order valence-corrected chi connectivity index (χ0v) is 19.5. The summed E-state index contributed by atoms with van der Waals surface area (Å²) in [6, 6.07) is 15.1. The molecule has 2 N–H and O–H groups in total. The molecular weight excluding hydrogens is 448 g/mol. The molecule has 5 aromatic rings. The molecule has 0 saturated heterocycles. The quantitative estimate of drug-likeness (QED) is 0.394. The molecule has 5 rings (SSSR count). The summed E-state index contributed by atoms with van der Waals surface area (Å²) in [5.41, 5.74) is 9.27. The SMILES string of the molecule is CCC#Cc1nn(Cc2cc3cccc(C)c3c(=O)n2-c2ccccc2Cl)c2ncnc(N)c12. The third kappa shape index (κ3) is 3.58. The number of nitrogen functional groups attached to an aromatic ring is 1. The molecule has 0 aliphatic rings. The average molecular weight is 469 g/mol. The Bertz CT molecular complexity index is 1690. The molecule has 168 valence electrons. The predicted octanol–water partition coefficient (Wildman–Crippen LogP) is 4.48. The van der Waals surface area contributed by atoms with Crippen LogP contribution in [0.25, 0.3) is 27.5 Å². The maximum Gasteiger partial charge on any atom is 0.263 e. The van der Waals surface area contributed by atoms with E-state index in [1.165, 1.54) is 6.33 Å². The standard InChI is InChI=1S/C26H21ClN6O/c1-3-4-11-20-23-24(28)29-15-30-25(23)32(31-20)14-18-13-17-9-7-8-16(2)22(17)26(34)33(18)21-12-6-5-10-19(21)27/h5-10,12-13,15H,3,14H2,1-2H3,(H2,28,29,30). The van der Waals surface area contributed by atoms with Gasteiger partial charge in [-0.1, -0.05) is 54.8 Å². The highest BCUT2D eigenvalue weighted by molar-refractivity contribution is 6.32. The molecule has 34 heavy (non-hydrogen) atoms. The maximum absolute atomic E-state index is 13.8. The van der Waals surface area contributed by atoms with Crippen molar-refractivity contribution in [3.05, 3.63) is 87.2 Å². The van der Waals surface area contributed by atoms with Gasteiger partial charge in [0, 0.05) is 12.1 Å². The highest BCUT2D eigenvalue weighted by Crippen LogP contribution is 2.26. The second kappa shape index (κ2) is 8.65. The first-order chi connectivity index (χ1) is 16.5. The monoisotopic (exact) mass is 468 g/mol. The van der Waals surface area contributed by atoms with Crippen LogP contribution in [0, 0.1) is 18.8 Å². The van der Waals surface area contributed by atoms with Crippen LogP contribution in [-0.4, -0.2) is 24.3 Å². The van der Waals surface area contributed by atoms with E-state index in [2.05, 4.69) is 26.9 Å². The zero-order valence-electron chi connectivity index (χ0n) is 18.7. The molecule has 3 aromatic heterocycles. The molecule has 0 saturated carbocycles. The number of halogens is 1. The van der Waals surface area contributed by atoms with Crippen LogP contribution in [0.4, 0.5) is 5.82 Å². The lowest BCUT2D eigenvalue weighted by Crippen LogP contribution is -2.24. The summed E-state index contributed by atoms with van der Waals surface area (Å²) in [7, 11) is 0. The van der Waals surface area contributed by atoms with E-state index in [9.17, 15) is 4.79 Å². The Morgan fingerprint density at radius 1 is 1.09 bits per heavy atom. The van der Waals surface area contributed by atoms with Gasteiger partial charge in [-0.2, -0.15) is 5.10 Å². The average Bonchev–Trinajstić information content (AvgIpc) is 3.17. The van der Waals surface area contributed by atoms with Crippen LogP contribution < -0.4 is 11.3 Å². The Labute approximate surface area is 200 Å². The van der Waals surface area contributed by atoms with Gasteiger partial charge in [0.25, 0.3) is 5.56 Å². The number of pyridine rings is 1. The summed E-state index contributed by atoms with van der Waals surface area (Å²) >= 11 is 6.54. The lowest BCUT2D eigenvalue weighted by Gasteiger charge is -2.17. The maximum atomic E-state index is 13.8. The molecule has 0 spiro atoms. The highest BCUT2D eigenvalue weighted by Gasteiger charge is 2.19. The summed E-state index contributed by atoms with van der Waals surface area (Å²) in [5, 5.41) is 7.26. The fraction of sp³-hybridized carbons (Fsp3) is 0.154. The molecule has 2 aromatic carbocycles. The van der Waals surface area contributed by atoms with E-state index in [4.69, 9.17) is 17.3 Å². The van der Waals surface area contributed by atoms with Crippen LogP contribution in [0.3, 0.4) is 0 Å². The summed E-state index contributed by atoms with van der Waals surface area (Å²) in [5.74, 6) is 6.41. The first-order valence-corrected chi connectivity index (χ1v) is 11.2. The number of hydrogen-bond donors (Lipinski definition) is 1. The Hall–Kier alpha value is -4.15. The van der Waals surface area contributed by atoms with E-state index in [-0.39, 0.29) is 12.1 Å². The number of hydrogen-bond acceptors (Lipinski definition) is 5. The van der Waals surface area contributed by atoms with Crippen LogP contribution in [0.5, 0.6) is 0 Å². The molecule has 3 heterocycles. The van der Waals surface area contributed by atoms with Crippen LogP contribution in [-0.2, 0) is 6.54 Å². The van der Waals surface area contributed by atoms with Crippen molar-refractivity contribution in [2.24, 2.45) is 0 Å². The summed E-state index contributed by atoms with van der Waals surface area (Å²) in [4.78, 5) is 22.3. The second-order valence-electron chi connectivity index (χ2n) is 7.89. The summed E-state index contributed by atoms with van der Waals surface area (Å²) < 4.78 is 3.35. The summed E-state index contributed by atoms with van der Waals surface area (Å²) in [6.45, 7) is 4.15. The van der Waals surface area contributed by atoms with Gasteiger partial charge < -0.3 is 5.73 Å². The third-order valence-electron chi connectivity index (χ3n) is 5.68. The van der Waals surface area contributed by atoms with E-state index < -0.39 is 0 Å². The molecule has 0 radical (unpaired) electrons. The number of aromatic nitrogens is 5. The molecule has 0 bridgehead atoms. The van der Waals surface area contributed by atoms with Gasteiger partial charge in [-0.05, 0) is 42.0 Å². The van der Waals surface area contributed by atoms with E-state index >= 15 is 0 Å². The fourth-order valence-corrected chi connectivity index (χ4v) is 4.38. The Morgan fingerprint density at radius 2 is 1.91 bits per heavy atom. The summed E-state index contributed by atoms with van der Waals surface area (Å²) in [6.07, 6.45) is 2.08. The topological polar surface area (TPSA) is 91.6 Å². The first kappa shape index (κ1) is 21.7. The van der Waals surface area contributed by atoms with Crippen molar-refractivity contribution >= 4 is 39.2 Å². The lowest BCUT2D eigenvalue weighted by molar-refractivity contribution is 0.668. The minimum atomic E-state index is -0.143. The zero-order chi connectivity index (χ0) is 23.8. The molecule has 0 atom stereocenters. The van der Waals surface area contributed by atoms with Crippen molar-refractivity contribution in [1.82, 2.24) is 24.3 Å². The van der Waals surface area contributed by atoms with E-state index in [0.29, 0.717) is 50.8 Å². The molecule has 8 heteroatoms. The van der Waals surface area contributed by atoms with Gasteiger partial charge in [0.2, 0.25) is 0 Å². The Morgan fingerprint density at radius 3 is 2.71 bits per heavy atom. The largest absolute Gasteiger partial charge is 0.383 e. The number of anilines is 1. The van der Waals surface area contributed by atoms with Gasteiger partial charge in [0.15, 0.2) is 5.65 Å². The number of nitrogens with two attached hydrogens (primary N) is 1. The van der Waals surface area contributed by atoms with Crippen LogP contribution in [0.2, 0.25) is 5.02 Å². The van der Waals surface area contributed by atoms with Crippen molar-refractivity contribution in [2.75, 3.05) is 5.73 Å². The van der Waals surface area contributed by atoms with Gasteiger partial charge >= 0.3 is 0 Å². The predicted molar refractivity (Wildman–Crippen MR) is 135 cm³/mol. The molecule has 0 aliphatic carbocycles. The normalized spacial score (nSPS) is 11.0. The number of fused-ring (bicyclic) bond motifs is 2. The van der Waals surface area contributed by atoms with Gasteiger partial charge in [0.1, 0.15) is 17.8 Å². The minimum Gasteiger partial charge on any atom is -0.383 e. The van der Waals surface area contributed by atoms with Crippen LogP contribution >= 0.6 is 11.6 Å². The minimum absolute atomic E-state index is 0.143. The van der Waals surface area contributed by atoms with Crippen molar-refractivity contribution in [3.63, 3.8) is 0 Å². The molecular formula is C26H21ClN6O. The van der Waals surface area contributed by atoms with Crippen molar-refractivity contribution in [1.29, 1.82) is 0 Å². The number of nitrogens with zero attached hydrogens (tertiary/aromatic N) is 5. The molecule has 0 unspecified atom stereocenters. The number of rotatable bonds is 3. The highest BCUT2D eigenvalue weighted by atomic mass is 35.5. The number of benzene rings is 2. The van der Waals surface area contributed by atoms with Gasteiger partial charge in [-0.15, -0.1) is 0 Å². The van der Waals surface area contributed by atoms with Gasteiger partial charge in [-0.3, -0.25) is 9.36 Å². The van der Waals surface area contributed by atoms with Crippen molar-refractivity contribution < 1.29 is 0 Å². The smallest absolute Gasteiger partial charge is 0.263 e. The fourth-order valence-electron chi connectivity index (χ4n) is 4.16. The van der Waals surface area contributed by atoms with E-state index in [1.807, 2.05) is 56.3 Å². The molecule has 0 aliphatic heterocycles. The second-order valence-corrected chi connectivity index (χ2v) is 8.29. The van der Waals surface area contributed by atoms with Crippen molar-refractivity contribution in [3.8, 4) is 17.5 Å². The number of aryl methyl sites for hydroxylation is 1. The van der Waals surface area contributed by atoms with Gasteiger partial charge in [0.05, 0.1) is 28.0 Å². The third-order valence-corrected chi connectivity index (χ3v) is 6.00. The van der Waals surface area contributed by atoms with Crippen molar-refractivity contribution in [2.45, 2.75) is 26.8 Å². The Balaban J connectivity index is 1.80.